The van der Waals surface area contributed by atoms with E-state index in [1.165, 1.54) is 4.68 Å². The number of halogens is 2. The first-order valence-electron chi connectivity index (χ1n) is 8.36. The number of aryl methyl sites for hydroxylation is 1. The van der Waals surface area contributed by atoms with Gasteiger partial charge in [-0.3, -0.25) is 9.59 Å². The van der Waals surface area contributed by atoms with E-state index in [1.54, 1.807) is 43.3 Å². The van der Waals surface area contributed by atoms with Gasteiger partial charge in [-0.1, -0.05) is 34.5 Å². The van der Waals surface area contributed by atoms with Crippen molar-refractivity contribution in [2.75, 3.05) is 10.6 Å². The number of hydrogen-bond acceptors (Lipinski definition) is 4. The zero-order chi connectivity index (χ0) is 20.3. The zero-order valence-electron chi connectivity index (χ0n) is 15.2. The maximum absolute atomic E-state index is 12.5. The third-order valence-electron chi connectivity index (χ3n) is 3.99. The summed E-state index contributed by atoms with van der Waals surface area (Å²) >= 11 is 12.0. The van der Waals surface area contributed by atoms with Gasteiger partial charge < -0.3 is 10.6 Å². The average molecular weight is 418 g/mol. The van der Waals surface area contributed by atoms with E-state index in [4.69, 9.17) is 23.2 Å². The van der Waals surface area contributed by atoms with Crippen LogP contribution in [0.1, 0.15) is 21.7 Å². The Morgan fingerprint density at radius 1 is 1.04 bits per heavy atom. The Kier molecular flexibility index (Phi) is 5.96. The molecule has 3 rings (SSSR count). The van der Waals surface area contributed by atoms with Crippen molar-refractivity contribution in [3.8, 4) is 0 Å². The maximum Gasteiger partial charge on any atom is 0.278 e. The molecular formula is C19H17Cl2N5O2. The van der Waals surface area contributed by atoms with Gasteiger partial charge in [-0.25, -0.2) is 4.68 Å². The van der Waals surface area contributed by atoms with Gasteiger partial charge >= 0.3 is 0 Å². The number of nitrogens with one attached hydrogen (secondary N) is 2. The lowest BCUT2D eigenvalue weighted by Gasteiger charge is -2.08. The minimum absolute atomic E-state index is 0.0833. The number of aromatic nitrogens is 3. The van der Waals surface area contributed by atoms with Gasteiger partial charge in [0.1, 0.15) is 6.54 Å². The molecule has 0 spiro atoms. The van der Waals surface area contributed by atoms with Crippen LogP contribution >= 0.6 is 23.2 Å². The fourth-order valence-electron chi connectivity index (χ4n) is 2.49. The molecule has 0 atom stereocenters. The molecule has 2 amide bonds. The highest BCUT2D eigenvalue weighted by molar-refractivity contribution is 6.34. The van der Waals surface area contributed by atoms with E-state index in [2.05, 4.69) is 20.9 Å². The molecule has 1 aromatic heterocycles. The maximum atomic E-state index is 12.5. The Morgan fingerprint density at radius 3 is 2.43 bits per heavy atom. The third-order valence-corrected chi connectivity index (χ3v) is 4.56. The van der Waals surface area contributed by atoms with E-state index >= 15 is 0 Å². The molecule has 0 saturated heterocycles. The van der Waals surface area contributed by atoms with Crippen LogP contribution in [0.4, 0.5) is 11.4 Å². The number of carbonyl (C=O) groups excluding carboxylic acids is 2. The summed E-state index contributed by atoms with van der Waals surface area (Å²) < 4.78 is 1.36. The number of nitrogens with zero attached hydrogens (tertiary/aromatic N) is 3. The van der Waals surface area contributed by atoms with E-state index in [-0.39, 0.29) is 18.1 Å². The van der Waals surface area contributed by atoms with Crippen LogP contribution in [0.5, 0.6) is 0 Å². The van der Waals surface area contributed by atoms with E-state index in [9.17, 15) is 9.59 Å². The molecule has 2 aromatic carbocycles. The number of benzene rings is 2. The van der Waals surface area contributed by atoms with Crippen molar-refractivity contribution < 1.29 is 9.59 Å². The average Bonchev–Trinajstić information content (AvgIpc) is 3.00. The molecule has 0 unspecified atom stereocenters. The van der Waals surface area contributed by atoms with Crippen LogP contribution in [0, 0.1) is 13.8 Å². The topological polar surface area (TPSA) is 88.9 Å². The van der Waals surface area contributed by atoms with E-state index in [0.29, 0.717) is 27.1 Å². The molecule has 144 valence electrons. The van der Waals surface area contributed by atoms with Crippen LogP contribution < -0.4 is 10.6 Å². The molecule has 0 saturated carbocycles. The molecule has 28 heavy (non-hydrogen) atoms. The summed E-state index contributed by atoms with van der Waals surface area (Å²) in [6, 6.07) is 12.0. The van der Waals surface area contributed by atoms with Crippen LogP contribution in [0.25, 0.3) is 0 Å². The predicted octanol–water partition coefficient (Wildman–Crippen LogP) is 4.09. The van der Waals surface area contributed by atoms with Gasteiger partial charge in [0.2, 0.25) is 5.91 Å². The van der Waals surface area contributed by atoms with E-state index < -0.39 is 5.91 Å². The molecule has 7 nitrogen and oxygen atoms in total. The predicted molar refractivity (Wildman–Crippen MR) is 109 cm³/mol. The number of hydrogen-bond donors (Lipinski definition) is 2. The van der Waals surface area contributed by atoms with Gasteiger partial charge in [0, 0.05) is 10.7 Å². The van der Waals surface area contributed by atoms with E-state index in [1.807, 2.05) is 13.0 Å². The Morgan fingerprint density at radius 2 is 1.75 bits per heavy atom. The highest BCUT2D eigenvalue weighted by Gasteiger charge is 2.19. The van der Waals surface area contributed by atoms with Crippen molar-refractivity contribution in [3.63, 3.8) is 0 Å². The Bertz CT molecular complexity index is 1030. The van der Waals surface area contributed by atoms with Gasteiger partial charge in [-0.15, -0.1) is 5.10 Å². The van der Waals surface area contributed by atoms with Crippen molar-refractivity contribution in [2.45, 2.75) is 20.4 Å². The summed E-state index contributed by atoms with van der Waals surface area (Å²) in [6.07, 6.45) is 0. The monoisotopic (exact) mass is 417 g/mol. The fourth-order valence-corrected chi connectivity index (χ4v) is 2.90. The number of amides is 2. The second-order valence-corrected chi connectivity index (χ2v) is 7.02. The molecule has 9 heteroatoms. The number of rotatable bonds is 5. The summed E-state index contributed by atoms with van der Waals surface area (Å²) in [4.78, 5) is 24.7. The summed E-state index contributed by atoms with van der Waals surface area (Å²) in [6.45, 7) is 3.49. The molecule has 3 aromatic rings. The highest BCUT2D eigenvalue weighted by Crippen LogP contribution is 2.23. The molecule has 0 bridgehead atoms. The van der Waals surface area contributed by atoms with Crippen molar-refractivity contribution in [1.82, 2.24) is 15.0 Å². The lowest BCUT2D eigenvalue weighted by Crippen LogP contribution is -2.21. The highest BCUT2D eigenvalue weighted by atomic mass is 35.5. The second kappa shape index (κ2) is 8.41. The molecule has 0 aliphatic rings. The Hall–Kier alpha value is -2.90. The minimum Gasteiger partial charge on any atom is -0.324 e. The first-order valence-corrected chi connectivity index (χ1v) is 9.12. The Balaban J connectivity index is 1.68. The third kappa shape index (κ3) is 4.68. The van der Waals surface area contributed by atoms with Gasteiger partial charge in [0.25, 0.3) is 5.91 Å². The zero-order valence-corrected chi connectivity index (χ0v) is 16.7. The molecule has 0 aliphatic carbocycles. The second-order valence-electron chi connectivity index (χ2n) is 6.17. The van der Waals surface area contributed by atoms with Crippen LogP contribution in [0.15, 0.2) is 42.5 Å². The van der Waals surface area contributed by atoms with Crippen LogP contribution in [0.2, 0.25) is 10.0 Å². The van der Waals surface area contributed by atoms with Crippen LogP contribution in [-0.4, -0.2) is 26.8 Å². The number of carbonyl (C=O) groups is 2. The minimum atomic E-state index is -0.451. The van der Waals surface area contributed by atoms with Gasteiger partial charge in [-0.2, -0.15) is 0 Å². The molecule has 1 heterocycles. The van der Waals surface area contributed by atoms with Crippen molar-refractivity contribution >= 4 is 46.4 Å². The van der Waals surface area contributed by atoms with Crippen LogP contribution in [-0.2, 0) is 11.3 Å². The largest absolute Gasteiger partial charge is 0.324 e. The molecule has 0 fully saturated rings. The van der Waals surface area contributed by atoms with Crippen molar-refractivity contribution in [2.24, 2.45) is 0 Å². The fraction of sp³-hybridized carbons (Fsp3) is 0.158. The van der Waals surface area contributed by atoms with Gasteiger partial charge in [0.05, 0.1) is 16.4 Å². The standard InChI is InChI=1S/C19H17Cl2N5O2/c1-11-3-8-16(15(21)9-11)23-19(28)18-12(2)26(25-24-18)10-17(27)22-14-6-4-13(20)5-7-14/h3-9H,10H2,1-2H3,(H,22,27)(H,23,28). The molecular weight excluding hydrogens is 401 g/mol. The lowest BCUT2D eigenvalue weighted by atomic mass is 10.2. The summed E-state index contributed by atoms with van der Waals surface area (Å²) in [7, 11) is 0. The quantitative estimate of drug-likeness (QED) is 0.653. The molecule has 2 N–H and O–H groups in total. The first kappa shape index (κ1) is 19.9. The normalized spacial score (nSPS) is 10.6. The summed E-state index contributed by atoms with van der Waals surface area (Å²) in [5, 5.41) is 14.2. The molecule has 0 radical (unpaired) electrons. The smallest absolute Gasteiger partial charge is 0.278 e. The summed E-state index contributed by atoms with van der Waals surface area (Å²) in [5.74, 6) is -0.753. The van der Waals surface area contributed by atoms with E-state index in [0.717, 1.165) is 5.56 Å². The van der Waals surface area contributed by atoms with Gasteiger partial charge in [0.15, 0.2) is 5.69 Å². The first-order chi connectivity index (χ1) is 13.3. The summed E-state index contributed by atoms with van der Waals surface area (Å²) in [5.41, 5.74) is 2.66. The van der Waals surface area contributed by atoms with Gasteiger partial charge in [-0.05, 0) is 55.8 Å². The van der Waals surface area contributed by atoms with Crippen molar-refractivity contribution in [3.05, 3.63) is 69.5 Å². The Labute approximate surface area is 171 Å². The molecule has 0 aliphatic heterocycles. The number of anilines is 2. The lowest BCUT2D eigenvalue weighted by molar-refractivity contribution is -0.117. The SMILES string of the molecule is Cc1ccc(NC(=O)c2nnn(CC(=O)Nc3ccc(Cl)cc3)c2C)c(Cl)c1. The van der Waals surface area contributed by atoms with Crippen LogP contribution in [0.3, 0.4) is 0 Å². The van der Waals surface area contributed by atoms with Crippen molar-refractivity contribution in [1.29, 1.82) is 0 Å².